The minimum Gasteiger partial charge on any atom is -0.364 e. The number of hydrogen-bond acceptors (Lipinski definition) is 1. The maximum Gasteiger partial charge on any atom is 0.256 e. The molecular formula is C16H16N2O. The number of nitrogens with one attached hydrogen (secondary N) is 2. The smallest absolute Gasteiger partial charge is 0.256 e. The molecule has 2 N–H and O–H groups in total. The van der Waals surface area contributed by atoms with Crippen molar-refractivity contribution in [1.82, 2.24) is 4.98 Å². The quantitative estimate of drug-likeness (QED) is 0.792. The van der Waals surface area contributed by atoms with Gasteiger partial charge in [0.25, 0.3) is 5.91 Å². The summed E-state index contributed by atoms with van der Waals surface area (Å²) in [5, 5.41) is 2.89. The Morgan fingerprint density at radius 3 is 2.74 bits per heavy atom. The number of aromatic amines is 1. The van der Waals surface area contributed by atoms with Gasteiger partial charge in [-0.25, -0.2) is 0 Å². The Morgan fingerprint density at radius 2 is 2.00 bits per heavy atom. The van der Waals surface area contributed by atoms with E-state index in [4.69, 9.17) is 0 Å². The molecule has 96 valence electrons. The minimum absolute atomic E-state index is 0.0119. The molecule has 3 rings (SSSR count). The summed E-state index contributed by atoms with van der Waals surface area (Å²) >= 11 is 0. The van der Waals surface area contributed by atoms with Gasteiger partial charge in [0, 0.05) is 35.1 Å². The highest BCUT2D eigenvalue weighted by Crippen LogP contribution is 2.31. The highest BCUT2D eigenvalue weighted by Gasteiger charge is 2.22. The van der Waals surface area contributed by atoms with Crippen LogP contribution >= 0.6 is 0 Å². The lowest BCUT2D eigenvalue weighted by Crippen LogP contribution is -2.04. The first-order valence-corrected chi connectivity index (χ1v) is 6.41. The van der Waals surface area contributed by atoms with Crippen molar-refractivity contribution >= 4 is 17.2 Å². The van der Waals surface area contributed by atoms with Crippen LogP contribution in [0.25, 0.3) is 5.57 Å². The summed E-state index contributed by atoms with van der Waals surface area (Å²) in [6.45, 7) is 4.18. The molecule has 0 aliphatic carbocycles. The molecule has 1 aliphatic rings. The standard InChI is InChI=1S/C16H16N2O/c1-10-9-17-14(11(10)2)8-7-13-12-5-3-4-6-15(12)18-16(13)19/h3-7,9,17H,8H2,1-2H3,(H,18,19). The van der Waals surface area contributed by atoms with Crippen molar-refractivity contribution in [3.63, 3.8) is 0 Å². The summed E-state index contributed by atoms with van der Waals surface area (Å²) in [6, 6.07) is 7.79. The third-order valence-electron chi connectivity index (χ3n) is 3.73. The fourth-order valence-electron chi connectivity index (χ4n) is 2.41. The summed E-state index contributed by atoms with van der Waals surface area (Å²) in [6.07, 6.45) is 4.75. The Bertz CT molecular complexity index is 680. The number of rotatable bonds is 2. The van der Waals surface area contributed by atoms with Crippen LogP contribution < -0.4 is 5.32 Å². The van der Waals surface area contributed by atoms with Gasteiger partial charge in [-0.3, -0.25) is 4.79 Å². The number of amides is 1. The first-order valence-electron chi connectivity index (χ1n) is 6.41. The van der Waals surface area contributed by atoms with Gasteiger partial charge in [-0.1, -0.05) is 24.3 Å². The largest absolute Gasteiger partial charge is 0.364 e. The molecule has 2 aromatic rings. The van der Waals surface area contributed by atoms with Gasteiger partial charge in [0.15, 0.2) is 0 Å². The summed E-state index contributed by atoms with van der Waals surface area (Å²) < 4.78 is 0. The van der Waals surface area contributed by atoms with Crippen molar-refractivity contribution in [1.29, 1.82) is 0 Å². The monoisotopic (exact) mass is 252 g/mol. The van der Waals surface area contributed by atoms with Crippen LogP contribution in [0, 0.1) is 13.8 Å². The number of para-hydroxylation sites is 1. The fraction of sp³-hybridized carbons (Fsp3) is 0.188. The average Bonchev–Trinajstić information content (AvgIpc) is 2.89. The van der Waals surface area contributed by atoms with Gasteiger partial charge in [-0.15, -0.1) is 0 Å². The molecule has 0 spiro atoms. The number of hydrogen-bond donors (Lipinski definition) is 2. The van der Waals surface area contributed by atoms with E-state index < -0.39 is 0 Å². The lowest BCUT2D eigenvalue weighted by molar-refractivity contribution is -0.110. The van der Waals surface area contributed by atoms with Gasteiger partial charge in [-0.05, 0) is 31.0 Å². The second-order valence-corrected chi connectivity index (χ2v) is 4.90. The Morgan fingerprint density at radius 1 is 1.21 bits per heavy atom. The number of allylic oxidation sites excluding steroid dienone is 1. The fourth-order valence-corrected chi connectivity index (χ4v) is 2.41. The third-order valence-corrected chi connectivity index (χ3v) is 3.73. The number of carbonyl (C=O) groups is 1. The molecule has 1 amide bonds. The van der Waals surface area contributed by atoms with Crippen LogP contribution in [-0.2, 0) is 11.2 Å². The van der Waals surface area contributed by atoms with Crippen molar-refractivity contribution in [3.8, 4) is 0 Å². The van der Waals surface area contributed by atoms with Crippen LogP contribution in [0.2, 0.25) is 0 Å². The molecule has 2 heterocycles. The topological polar surface area (TPSA) is 44.9 Å². The molecule has 3 heteroatoms. The first kappa shape index (κ1) is 11.8. The second-order valence-electron chi connectivity index (χ2n) is 4.90. The average molecular weight is 252 g/mol. The number of anilines is 1. The van der Waals surface area contributed by atoms with E-state index in [1.54, 1.807) is 0 Å². The van der Waals surface area contributed by atoms with Crippen LogP contribution in [0.1, 0.15) is 22.4 Å². The number of carbonyl (C=O) groups excluding carboxylic acids is 1. The van der Waals surface area contributed by atoms with E-state index in [-0.39, 0.29) is 5.91 Å². The van der Waals surface area contributed by atoms with Gasteiger partial charge in [0.2, 0.25) is 0 Å². The number of benzene rings is 1. The van der Waals surface area contributed by atoms with E-state index in [9.17, 15) is 4.79 Å². The van der Waals surface area contributed by atoms with E-state index >= 15 is 0 Å². The number of aromatic nitrogens is 1. The summed E-state index contributed by atoms with van der Waals surface area (Å²) in [4.78, 5) is 15.2. The molecule has 0 unspecified atom stereocenters. The van der Waals surface area contributed by atoms with Crippen LogP contribution in [0.5, 0.6) is 0 Å². The molecule has 0 saturated carbocycles. The number of fused-ring (bicyclic) bond motifs is 1. The zero-order chi connectivity index (χ0) is 13.4. The Balaban J connectivity index is 1.92. The molecule has 0 radical (unpaired) electrons. The normalized spacial score (nSPS) is 15.7. The minimum atomic E-state index is -0.0119. The summed E-state index contributed by atoms with van der Waals surface area (Å²) in [7, 11) is 0. The zero-order valence-electron chi connectivity index (χ0n) is 11.1. The van der Waals surface area contributed by atoms with Gasteiger partial charge in [-0.2, -0.15) is 0 Å². The molecule has 1 aliphatic heterocycles. The zero-order valence-corrected chi connectivity index (χ0v) is 11.1. The number of aryl methyl sites for hydroxylation is 1. The predicted molar refractivity (Wildman–Crippen MR) is 77.0 cm³/mol. The first-order chi connectivity index (χ1) is 9.16. The summed E-state index contributed by atoms with van der Waals surface area (Å²) in [5.41, 5.74) is 6.35. The lowest BCUT2D eigenvalue weighted by Gasteiger charge is -1.99. The lowest BCUT2D eigenvalue weighted by atomic mass is 10.0. The molecule has 3 nitrogen and oxygen atoms in total. The van der Waals surface area contributed by atoms with Crippen molar-refractivity contribution in [2.45, 2.75) is 20.3 Å². The molecular weight excluding hydrogens is 236 g/mol. The second kappa shape index (κ2) is 4.43. The molecule has 1 aromatic carbocycles. The molecule has 0 saturated heterocycles. The van der Waals surface area contributed by atoms with Crippen LogP contribution in [0.4, 0.5) is 5.69 Å². The van der Waals surface area contributed by atoms with Crippen molar-refractivity contribution < 1.29 is 4.79 Å². The Labute approximate surface area is 112 Å². The molecule has 0 fully saturated rings. The van der Waals surface area contributed by atoms with Gasteiger partial charge >= 0.3 is 0 Å². The maximum absolute atomic E-state index is 12.0. The molecule has 1 aromatic heterocycles. The van der Waals surface area contributed by atoms with Crippen LogP contribution in [0.15, 0.2) is 36.5 Å². The van der Waals surface area contributed by atoms with E-state index in [1.165, 1.54) is 16.8 Å². The van der Waals surface area contributed by atoms with E-state index in [0.29, 0.717) is 0 Å². The van der Waals surface area contributed by atoms with Gasteiger partial charge in [0.05, 0.1) is 0 Å². The van der Waals surface area contributed by atoms with Gasteiger partial charge < -0.3 is 10.3 Å². The Hall–Kier alpha value is -2.29. The molecule has 0 atom stereocenters. The van der Waals surface area contributed by atoms with E-state index in [1.807, 2.05) is 36.5 Å². The number of H-pyrrole nitrogens is 1. The SMILES string of the molecule is Cc1c[nH]c(CC=C2C(=O)Nc3ccccc32)c1C. The van der Waals surface area contributed by atoms with Gasteiger partial charge in [0.1, 0.15) is 0 Å². The van der Waals surface area contributed by atoms with Crippen molar-refractivity contribution in [2.24, 2.45) is 0 Å². The predicted octanol–water partition coefficient (Wildman–Crippen LogP) is 3.21. The highest BCUT2D eigenvalue weighted by atomic mass is 16.2. The Kier molecular flexibility index (Phi) is 2.75. The van der Waals surface area contributed by atoms with Crippen LogP contribution in [-0.4, -0.2) is 10.9 Å². The highest BCUT2D eigenvalue weighted by molar-refractivity contribution is 6.31. The van der Waals surface area contributed by atoms with Crippen LogP contribution in [0.3, 0.4) is 0 Å². The molecule has 0 bridgehead atoms. The molecule has 19 heavy (non-hydrogen) atoms. The summed E-state index contributed by atoms with van der Waals surface area (Å²) in [5.74, 6) is -0.0119. The van der Waals surface area contributed by atoms with E-state index in [2.05, 4.69) is 24.1 Å². The third kappa shape index (κ3) is 1.97. The van der Waals surface area contributed by atoms with Crippen molar-refractivity contribution in [2.75, 3.05) is 5.32 Å². The maximum atomic E-state index is 12.0. The van der Waals surface area contributed by atoms with Crippen molar-refractivity contribution in [3.05, 3.63) is 58.9 Å². The van der Waals surface area contributed by atoms with E-state index in [0.717, 1.165) is 23.2 Å².